The minimum absolute atomic E-state index is 0.112. The molecule has 9 nitrogen and oxygen atoms in total. The lowest BCUT2D eigenvalue weighted by Gasteiger charge is -2.01. The number of hydrogen-bond acceptors (Lipinski definition) is 6. The molecule has 138 valence electrons. The molecule has 3 aromatic heterocycles. The summed E-state index contributed by atoms with van der Waals surface area (Å²) in [6, 6.07) is 7.39. The number of rotatable bonds is 5. The molecule has 0 bridgehead atoms. The van der Waals surface area contributed by atoms with Crippen LogP contribution in [0.1, 0.15) is 11.5 Å². The molecule has 0 unspecified atom stereocenters. The third-order valence-electron chi connectivity index (χ3n) is 4.17. The first-order valence-corrected chi connectivity index (χ1v) is 8.57. The number of fused-ring (bicyclic) bond motifs is 1. The van der Waals surface area contributed by atoms with Crippen LogP contribution in [0.15, 0.2) is 50.9 Å². The number of nitrogens with zero attached hydrogens (tertiary/aromatic N) is 6. The Morgan fingerprint density at radius 1 is 1.11 bits per heavy atom. The van der Waals surface area contributed by atoms with Crippen molar-refractivity contribution in [3.05, 3.63) is 74.3 Å². The molecule has 0 aliphatic rings. The van der Waals surface area contributed by atoms with E-state index in [4.69, 9.17) is 16.0 Å². The highest BCUT2D eigenvalue weighted by molar-refractivity contribution is 6.30. The molecule has 27 heavy (non-hydrogen) atoms. The highest BCUT2D eigenvalue weighted by Gasteiger charge is 2.14. The molecule has 0 aliphatic heterocycles. The van der Waals surface area contributed by atoms with E-state index in [0.29, 0.717) is 29.2 Å². The minimum atomic E-state index is -0.547. The van der Waals surface area contributed by atoms with Crippen molar-refractivity contribution in [2.24, 2.45) is 7.05 Å². The Morgan fingerprint density at radius 2 is 1.85 bits per heavy atom. The number of benzene rings is 1. The molecule has 0 aliphatic carbocycles. The van der Waals surface area contributed by atoms with Crippen molar-refractivity contribution >= 4 is 22.8 Å². The number of imidazole rings is 1. The highest BCUT2D eigenvalue weighted by Crippen LogP contribution is 2.10. The molecule has 0 fully saturated rings. The molecule has 0 saturated heterocycles. The fraction of sp³-hybridized carbons (Fsp3) is 0.235. The highest BCUT2D eigenvalue weighted by atomic mass is 35.5. The Balaban J connectivity index is 1.55. The summed E-state index contributed by atoms with van der Waals surface area (Å²) in [6.45, 7) is 0.485. The molecule has 0 N–H and O–H groups in total. The summed E-state index contributed by atoms with van der Waals surface area (Å²) in [5, 5.41) is 4.87. The van der Waals surface area contributed by atoms with E-state index in [1.165, 1.54) is 21.9 Å². The molecular weight excluding hydrogens is 372 g/mol. The molecule has 10 heteroatoms. The first-order valence-electron chi connectivity index (χ1n) is 8.19. The molecule has 4 aromatic rings. The van der Waals surface area contributed by atoms with Gasteiger partial charge in [-0.15, -0.1) is 5.10 Å². The maximum atomic E-state index is 12.3. The van der Waals surface area contributed by atoms with Crippen LogP contribution in [0.2, 0.25) is 5.02 Å². The third kappa shape index (κ3) is 3.41. The summed E-state index contributed by atoms with van der Waals surface area (Å²) in [4.78, 5) is 32.5. The van der Waals surface area contributed by atoms with E-state index in [1.807, 2.05) is 12.1 Å². The van der Waals surface area contributed by atoms with Crippen molar-refractivity contribution in [1.82, 2.24) is 28.9 Å². The van der Waals surface area contributed by atoms with Crippen LogP contribution in [0.3, 0.4) is 0 Å². The Morgan fingerprint density at radius 3 is 2.63 bits per heavy atom. The summed E-state index contributed by atoms with van der Waals surface area (Å²) in [6.07, 6.45) is 3.50. The van der Waals surface area contributed by atoms with Crippen LogP contribution in [-0.4, -0.2) is 28.9 Å². The maximum Gasteiger partial charge on any atom is 0.437 e. The van der Waals surface area contributed by atoms with Crippen LogP contribution in [-0.2, 0) is 26.6 Å². The monoisotopic (exact) mass is 386 g/mol. The van der Waals surface area contributed by atoms with Crippen LogP contribution < -0.4 is 11.3 Å². The molecule has 0 saturated carbocycles. The number of aryl methyl sites for hydroxylation is 3. The molecule has 1 aromatic carbocycles. The largest absolute Gasteiger partial charge is 0.437 e. The molecular formula is C17H15ClN6O3. The molecule has 3 heterocycles. The SMILES string of the molecule is Cn1cnc2ncn(Cc3nn(CCc4ccc(Cl)cc4)c(=O)o3)c2c1=O. The zero-order valence-corrected chi connectivity index (χ0v) is 15.1. The van der Waals surface area contributed by atoms with Crippen molar-refractivity contribution in [3.63, 3.8) is 0 Å². The van der Waals surface area contributed by atoms with Gasteiger partial charge in [0.2, 0.25) is 5.89 Å². The average Bonchev–Trinajstić information content (AvgIpc) is 3.21. The number of aromatic nitrogens is 6. The van der Waals surface area contributed by atoms with E-state index in [-0.39, 0.29) is 18.0 Å². The predicted molar refractivity (Wildman–Crippen MR) is 97.8 cm³/mol. The average molecular weight is 387 g/mol. The van der Waals surface area contributed by atoms with Crippen LogP contribution in [0.5, 0.6) is 0 Å². The van der Waals surface area contributed by atoms with Crippen LogP contribution in [0, 0.1) is 0 Å². The zero-order valence-electron chi connectivity index (χ0n) is 14.4. The van der Waals surface area contributed by atoms with E-state index in [1.54, 1.807) is 23.7 Å². The number of hydrogen-bond donors (Lipinski definition) is 0. The van der Waals surface area contributed by atoms with Gasteiger partial charge < -0.3 is 13.6 Å². The zero-order chi connectivity index (χ0) is 19.0. The van der Waals surface area contributed by atoms with E-state index in [2.05, 4.69) is 15.1 Å². The van der Waals surface area contributed by atoms with Gasteiger partial charge in [-0.05, 0) is 24.1 Å². The fourth-order valence-electron chi connectivity index (χ4n) is 2.75. The van der Waals surface area contributed by atoms with Gasteiger partial charge in [-0.3, -0.25) is 4.79 Å². The molecule has 0 amide bonds. The lowest BCUT2D eigenvalue weighted by atomic mass is 10.1. The third-order valence-corrected chi connectivity index (χ3v) is 4.43. The summed E-state index contributed by atoms with van der Waals surface area (Å²) < 4.78 is 9.41. The van der Waals surface area contributed by atoms with Crippen molar-refractivity contribution < 1.29 is 4.42 Å². The summed E-state index contributed by atoms with van der Waals surface area (Å²) in [5.74, 6) is -0.351. The standard InChI is InChI=1S/C17H15ClN6O3/c1-22-9-19-15-14(16(22)25)23(10-20-15)8-13-21-24(17(26)27-13)7-6-11-2-4-12(18)5-3-11/h2-5,9-10H,6-8H2,1H3. The van der Waals surface area contributed by atoms with Crippen molar-refractivity contribution in [1.29, 1.82) is 0 Å². The normalized spacial score (nSPS) is 11.3. The Labute approximate surface area is 157 Å². The van der Waals surface area contributed by atoms with Gasteiger partial charge >= 0.3 is 5.76 Å². The minimum Gasteiger partial charge on any atom is -0.390 e. The smallest absolute Gasteiger partial charge is 0.390 e. The van der Waals surface area contributed by atoms with Gasteiger partial charge in [-0.1, -0.05) is 23.7 Å². The van der Waals surface area contributed by atoms with Gasteiger partial charge in [0.05, 0.1) is 19.2 Å². The van der Waals surface area contributed by atoms with Gasteiger partial charge in [0.1, 0.15) is 6.54 Å². The summed E-state index contributed by atoms with van der Waals surface area (Å²) in [5.41, 5.74) is 1.47. The van der Waals surface area contributed by atoms with Crippen molar-refractivity contribution in [2.75, 3.05) is 0 Å². The van der Waals surface area contributed by atoms with Gasteiger partial charge in [0.25, 0.3) is 5.56 Å². The first kappa shape index (κ1) is 17.2. The molecule has 4 rings (SSSR count). The second kappa shape index (κ2) is 6.84. The lowest BCUT2D eigenvalue weighted by molar-refractivity contribution is 0.438. The van der Waals surface area contributed by atoms with E-state index in [0.717, 1.165) is 5.56 Å². The molecule has 0 spiro atoms. The summed E-state index contributed by atoms with van der Waals surface area (Å²) >= 11 is 5.87. The second-order valence-electron chi connectivity index (χ2n) is 6.07. The quantitative estimate of drug-likeness (QED) is 0.511. The van der Waals surface area contributed by atoms with Gasteiger partial charge in [0.15, 0.2) is 11.2 Å². The van der Waals surface area contributed by atoms with E-state index in [9.17, 15) is 9.59 Å². The van der Waals surface area contributed by atoms with Crippen molar-refractivity contribution in [2.45, 2.75) is 19.5 Å². The Kier molecular flexibility index (Phi) is 4.36. The summed E-state index contributed by atoms with van der Waals surface area (Å²) in [7, 11) is 1.61. The van der Waals surface area contributed by atoms with Crippen LogP contribution in [0.25, 0.3) is 11.2 Å². The fourth-order valence-corrected chi connectivity index (χ4v) is 2.88. The topological polar surface area (TPSA) is 101 Å². The maximum absolute atomic E-state index is 12.3. The predicted octanol–water partition coefficient (Wildman–Crippen LogP) is 1.22. The first-order chi connectivity index (χ1) is 13.0. The Bertz CT molecular complexity index is 1220. The van der Waals surface area contributed by atoms with Crippen LogP contribution >= 0.6 is 11.6 Å². The molecule has 0 radical (unpaired) electrons. The second-order valence-corrected chi connectivity index (χ2v) is 6.50. The van der Waals surface area contributed by atoms with Gasteiger partial charge in [-0.2, -0.15) is 4.68 Å². The van der Waals surface area contributed by atoms with Crippen molar-refractivity contribution in [3.8, 4) is 0 Å². The lowest BCUT2D eigenvalue weighted by Crippen LogP contribution is -2.19. The van der Waals surface area contributed by atoms with Gasteiger partial charge in [-0.25, -0.2) is 14.8 Å². The van der Waals surface area contributed by atoms with E-state index < -0.39 is 5.76 Å². The van der Waals surface area contributed by atoms with Crippen LogP contribution in [0.4, 0.5) is 0 Å². The molecule has 0 atom stereocenters. The van der Waals surface area contributed by atoms with Gasteiger partial charge in [0, 0.05) is 12.1 Å². The van der Waals surface area contributed by atoms with E-state index >= 15 is 0 Å². The Hall–Kier alpha value is -3.20. The number of halogens is 1.